The van der Waals surface area contributed by atoms with E-state index >= 15 is 0 Å². The van der Waals surface area contributed by atoms with Crippen molar-refractivity contribution in [2.24, 2.45) is 0 Å². The fraction of sp³-hybridized carbons (Fsp3) is 0.0769. The maximum absolute atomic E-state index is 9.79. The molecular weight excluding hydrogens is 213 g/mol. The minimum atomic E-state index is -0.976. The third-order valence-corrected chi connectivity index (χ3v) is 2.42. The van der Waals surface area contributed by atoms with E-state index in [1.165, 1.54) is 0 Å². The van der Waals surface area contributed by atoms with Gasteiger partial charge in [-0.25, -0.2) is 0 Å². The molecule has 0 bridgehead atoms. The zero-order valence-electron chi connectivity index (χ0n) is 9.63. The van der Waals surface area contributed by atoms with Crippen molar-refractivity contribution in [3.8, 4) is 0 Å². The van der Waals surface area contributed by atoms with Crippen molar-refractivity contribution in [1.82, 2.24) is 0 Å². The molecule has 4 heteroatoms. The van der Waals surface area contributed by atoms with Gasteiger partial charge in [-0.3, -0.25) is 10.2 Å². The monoisotopic (exact) mass is 227 g/mol. The van der Waals surface area contributed by atoms with Crippen molar-refractivity contribution < 1.29 is 9.78 Å². The van der Waals surface area contributed by atoms with Gasteiger partial charge in [-0.15, -0.1) is 0 Å². The molecule has 0 spiro atoms. The van der Waals surface area contributed by atoms with Crippen LogP contribution in [0.3, 0.4) is 0 Å². The Morgan fingerprint density at radius 1 is 1.00 bits per heavy atom. The van der Waals surface area contributed by atoms with E-state index in [1.807, 2.05) is 61.5 Å². The molecule has 0 aromatic heterocycles. The fourth-order valence-corrected chi connectivity index (χ4v) is 1.43. The van der Waals surface area contributed by atoms with E-state index in [4.69, 9.17) is 4.76 Å². The molecule has 0 heterocycles. The van der Waals surface area contributed by atoms with E-state index in [2.05, 4.69) is 5.48 Å². The van der Waals surface area contributed by atoms with Gasteiger partial charge in [0.15, 0.2) is 0 Å². The van der Waals surface area contributed by atoms with Crippen LogP contribution in [0.5, 0.6) is 0 Å². The second-order valence-corrected chi connectivity index (χ2v) is 3.85. The minimum absolute atomic E-state index is 0.721. The number of hydrogen-bond donors (Lipinski definition) is 2. The lowest BCUT2D eigenvalue weighted by molar-refractivity contribution is 0.335. The summed E-state index contributed by atoms with van der Waals surface area (Å²) >= 11 is 0. The van der Waals surface area contributed by atoms with Crippen LogP contribution in [-0.2, 0) is 4.76 Å². The third-order valence-electron chi connectivity index (χ3n) is 2.42. The number of benzene rings is 2. The average Bonchev–Trinajstić information content (AvgIpc) is 2.38. The maximum Gasteiger partial charge on any atom is 0.514 e. The van der Waals surface area contributed by atoms with Gasteiger partial charge in [0.2, 0.25) is 0 Å². The van der Waals surface area contributed by atoms with Gasteiger partial charge in [-0.1, -0.05) is 48.0 Å². The zero-order valence-corrected chi connectivity index (χ0v) is 9.63. The first-order valence-corrected chi connectivity index (χ1v) is 5.47. The number of hydrogen-bond acceptors (Lipinski definition) is 3. The summed E-state index contributed by atoms with van der Waals surface area (Å²) in [6.07, 6.45) is 0. The van der Waals surface area contributed by atoms with Crippen LogP contribution < -0.4 is 10.9 Å². The predicted molar refractivity (Wildman–Crippen MR) is 69.9 cm³/mol. The molecule has 0 saturated carbocycles. The Labute approximate surface area is 101 Å². The highest BCUT2D eigenvalue weighted by Crippen LogP contribution is 2.05. The largest absolute Gasteiger partial charge is 0.514 e. The lowest BCUT2D eigenvalue weighted by atomic mass is 9.80. The van der Waals surface area contributed by atoms with E-state index in [1.54, 1.807) is 0 Å². The predicted octanol–water partition coefficient (Wildman–Crippen LogP) is 1.73. The van der Waals surface area contributed by atoms with Crippen LogP contribution in [0, 0.1) is 6.92 Å². The molecule has 3 nitrogen and oxygen atoms in total. The summed E-state index contributed by atoms with van der Waals surface area (Å²) in [5.41, 5.74) is 5.38. The highest BCUT2D eigenvalue weighted by Gasteiger charge is 2.16. The van der Waals surface area contributed by atoms with Crippen LogP contribution in [-0.4, -0.2) is 12.1 Å². The highest BCUT2D eigenvalue weighted by molar-refractivity contribution is 6.60. The number of aryl methyl sites for hydroxylation is 1. The van der Waals surface area contributed by atoms with Crippen LogP contribution >= 0.6 is 0 Å². The Balaban J connectivity index is 1.93. The highest BCUT2D eigenvalue weighted by atomic mass is 16.7. The molecule has 2 aromatic carbocycles. The molecule has 2 aromatic rings. The van der Waals surface area contributed by atoms with Gasteiger partial charge in [0, 0.05) is 0 Å². The summed E-state index contributed by atoms with van der Waals surface area (Å²) in [6.45, 7) is 2.00. The second kappa shape index (κ2) is 5.52. The van der Waals surface area contributed by atoms with Crippen LogP contribution in [0.25, 0.3) is 0 Å². The molecule has 0 aliphatic heterocycles. The van der Waals surface area contributed by atoms with Crippen molar-refractivity contribution in [2.75, 3.05) is 5.48 Å². The minimum Gasteiger partial charge on any atom is -0.422 e. The average molecular weight is 227 g/mol. The molecule has 17 heavy (non-hydrogen) atoms. The molecule has 0 amide bonds. The van der Waals surface area contributed by atoms with Crippen molar-refractivity contribution >= 4 is 18.3 Å². The summed E-state index contributed by atoms with van der Waals surface area (Å²) in [5, 5.41) is 9.79. The van der Waals surface area contributed by atoms with Gasteiger partial charge in [0.05, 0.1) is 5.69 Å². The molecule has 0 aliphatic rings. The van der Waals surface area contributed by atoms with Gasteiger partial charge in [0.25, 0.3) is 0 Å². The van der Waals surface area contributed by atoms with Gasteiger partial charge < -0.3 is 5.02 Å². The summed E-state index contributed by atoms with van der Waals surface area (Å²) in [6, 6.07) is 17.0. The Morgan fingerprint density at radius 3 is 2.29 bits per heavy atom. The second-order valence-electron chi connectivity index (χ2n) is 3.85. The molecule has 0 fully saturated rings. The van der Waals surface area contributed by atoms with Crippen molar-refractivity contribution in [3.63, 3.8) is 0 Å². The van der Waals surface area contributed by atoms with E-state index < -0.39 is 7.12 Å². The van der Waals surface area contributed by atoms with Gasteiger partial charge >= 0.3 is 7.12 Å². The summed E-state index contributed by atoms with van der Waals surface area (Å²) in [7, 11) is -0.976. The molecule has 2 N–H and O–H groups in total. The first-order chi connectivity index (χ1) is 8.25. The Hall–Kier alpha value is -1.78. The number of para-hydroxylation sites is 1. The summed E-state index contributed by atoms with van der Waals surface area (Å²) in [5.74, 6) is 0. The maximum atomic E-state index is 9.79. The van der Waals surface area contributed by atoms with Crippen molar-refractivity contribution in [1.29, 1.82) is 0 Å². The molecule has 0 unspecified atom stereocenters. The van der Waals surface area contributed by atoms with Crippen molar-refractivity contribution in [3.05, 3.63) is 60.2 Å². The molecule has 0 atom stereocenters. The summed E-state index contributed by atoms with van der Waals surface area (Å²) < 4.78 is 5.16. The van der Waals surface area contributed by atoms with Crippen LogP contribution in [0.4, 0.5) is 5.69 Å². The first kappa shape index (κ1) is 11.7. The number of nitrogens with one attached hydrogen (secondary N) is 1. The quantitative estimate of drug-likeness (QED) is 0.617. The third kappa shape index (κ3) is 3.34. The Morgan fingerprint density at radius 2 is 1.65 bits per heavy atom. The molecular formula is C13H14BNO2. The normalized spacial score (nSPS) is 10.0. The smallest absolute Gasteiger partial charge is 0.422 e. The van der Waals surface area contributed by atoms with E-state index in [-0.39, 0.29) is 0 Å². The van der Waals surface area contributed by atoms with Crippen LogP contribution in [0.1, 0.15) is 5.56 Å². The van der Waals surface area contributed by atoms with E-state index in [9.17, 15) is 5.02 Å². The zero-order chi connectivity index (χ0) is 12.1. The SMILES string of the molecule is Cc1ccc(B(O)ONc2ccccc2)cc1. The first-order valence-electron chi connectivity index (χ1n) is 5.47. The number of rotatable bonds is 4. The molecule has 0 saturated heterocycles. The molecule has 0 radical (unpaired) electrons. The fourth-order valence-electron chi connectivity index (χ4n) is 1.43. The number of anilines is 1. The van der Waals surface area contributed by atoms with Gasteiger partial charge in [-0.2, -0.15) is 0 Å². The summed E-state index contributed by atoms with van der Waals surface area (Å²) in [4.78, 5) is 0. The lowest BCUT2D eigenvalue weighted by Crippen LogP contribution is -2.35. The Kier molecular flexibility index (Phi) is 3.80. The standard InChI is InChI=1S/C13H14BNO2/c1-11-7-9-12(10-8-11)14(16)17-15-13-5-3-2-4-6-13/h2-10,15-16H,1H3. The Bertz CT molecular complexity index is 459. The lowest BCUT2D eigenvalue weighted by Gasteiger charge is -2.10. The van der Waals surface area contributed by atoms with E-state index in [0.717, 1.165) is 16.7 Å². The topological polar surface area (TPSA) is 41.5 Å². The molecule has 2 rings (SSSR count). The van der Waals surface area contributed by atoms with Gasteiger partial charge in [0.1, 0.15) is 0 Å². The van der Waals surface area contributed by atoms with Crippen LogP contribution in [0.2, 0.25) is 0 Å². The molecule has 86 valence electrons. The van der Waals surface area contributed by atoms with Crippen molar-refractivity contribution in [2.45, 2.75) is 6.92 Å². The van der Waals surface area contributed by atoms with Crippen LogP contribution in [0.15, 0.2) is 54.6 Å². The molecule has 0 aliphatic carbocycles. The van der Waals surface area contributed by atoms with E-state index in [0.29, 0.717) is 0 Å². The van der Waals surface area contributed by atoms with Gasteiger partial charge in [-0.05, 0) is 24.5 Å².